The van der Waals surface area contributed by atoms with Gasteiger partial charge < -0.3 is 14.8 Å². The van der Waals surface area contributed by atoms with E-state index in [1.807, 2.05) is 24.4 Å². The van der Waals surface area contributed by atoms with E-state index in [1.54, 1.807) is 24.0 Å². The summed E-state index contributed by atoms with van der Waals surface area (Å²) in [7, 11) is 1.65. The number of ether oxygens (including phenoxy) is 2. The van der Waals surface area contributed by atoms with Crippen LogP contribution in [0.1, 0.15) is 30.2 Å². The highest BCUT2D eigenvalue weighted by molar-refractivity contribution is 7.07. The molecule has 1 aliphatic rings. The standard InChI is InChI=1S/C17H20N2O3S/c1-11-5-12-6-15(21-2)13(7-16(12)22-11)8-18-17(20)4-3-14-9-23-10-19-14/h6-7,9-11H,3-5,8H2,1-2H3,(H,18,20)/t11-/m1/s1. The lowest BCUT2D eigenvalue weighted by atomic mass is 10.1. The Morgan fingerprint density at radius 3 is 3.13 bits per heavy atom. The Labute approximate surface area is 139 Å². The molecule has 1 aromatic heterocycles. The molecule has 0 unspecified atom stereocenters. The van der Waals surface area contributed by atoms with Crippen LogP contribution in [0, 0.1) is 0 Å². The van der Waals surface area contributed by atoms with Gasteiger partial charge in [-0.1, -0.05) is 0 Å². The lowest BCUT2D eigenvalue weighted by Crippen LogP contribution is -2.23. The monoisotopic (exact) mass is 332 g/mol. The largest absolute Gasteiger partial charge is 0.496 e. The zero-order valence-electron chi connectivity index (χ0n) is 13.3. The van der Waals surface area contributed by atoms with Crippen molar-refractivity contribution in [2.24, 2.45) is 0 Å². The van der Waals surface area contributed by atoms with Crippen molar-refractivity contribution in [3.05, 3.63) is 39.8 Å². The van der Waals surface area contributed by atoms with Gasteiger partial charge in [0.25, 0.3) is 0 Å². The van der Waals surface area contributed by atoms with E-state index in [0.29, 0.717) is 19.4 Å². The maximum absolute atomic E-state index is 12.0. The number of fused-ring (bicyclic) bond motifs is 1. The summed E-state index contributed by atoms with van der Waals surface area (Å²) in [5.74, 6) is 1.70. The summed E-state index contributed by atoms with van der Waals surface area (Å²) in [6.07, 6.45) is 2.19. The first-order valence-corrected chi connectivity index (χ1v) is 8.60. The molecule has 1 aliphatic heterocycles. The van der Waals surface area contributed by atoms with E-state index in [-0.39, 0.29) is 12.0 Å². The van der Waals surface area contributed by atoms with E-state index in [0.717, 1.165) is 34.7 Å². The number of thiazole rings is 1. The lowest BCUT2D eigenvalue weighted by molar-refractivity contribution is -0.121. The van der Waals surface area contributed by atoms with Gasteiger partial charge in [-0.25, -0.2) is 4.98 Å². The number of hydrogen-bond acceptors (Lipinski definition) is 5. The molecule has 0 aliphatic carbocycles. The minimum atomic E-state index is 0.00911. The molecule has 1 amide bonds. The van der Waals surface area contributed by atoms with Gasteiger partial charge in [0, 0.05) is 35.9 Å². The molecule has 3 rings (SSSR count). The van der Waals surface area contributed by atoms with Crippen LogP contribution in [0.5, 0.6) is 11.5 Å². The summed E-state index contributed by atoms with van der Waals surface area (Å²) >= 11 is 1.54. The summed E-state index contributed by atoms with van der Waals surface area (Å²) in [6, 6.07) is 3.98. The third-order valence-corrected chi connectivity index (χ3v) is 4.50. The molecule has 2 aromatic rings. The first-order chi connectivity index (χ1) is 11.2. The summed E-state index contributed by atoms with van der Waals surface area (Å²) in [6.45, 7) is 2.48. The van der Waals surface area contributed by atoms with Gasteiger partial charge in [0.15, 0.2) is 0 Å². The second kappa shape index (κ2) is 7.00. The fraction of sp³-hybridized carbons (Fsp3) is 0.412. The number of rotatable bonds is 6. The van der Waals surface area contributed by atoms with Crippen molar-refractivity contribution in [3.63, 3.8) is 0 Å². The smallest absolute Gasteiger partial charge is 0.220 e. The van der Waals surface area contributed by atoms with Crippen molar-refractivity contribution in [2.75, 3.05) is 7.11 Å². The van der Waals surface area contributed by atoms with Crippen molar-refractivity contribution >= 4 is 17.2 Å². The average Bonchev–Trinajstić information content (AvgIpc) is 3.17. The zero-order chi connectivity index (χ0) is 16.2. The molecular weight excluding hydrogens is 312 g/mol. The third-order valence-electron chi connectivity index (χ3n) is 3.87. The van der Waals surface area contributed by atoms with E-state index in [2.05, 4.69) is 10.3 Å². The number of methoxy groups -OCH3 is 1. The molecule has 6 heteroatoms. The first kappa shape index (κ1) is 15.8. The molecule has 1 aromatic carbocycles. The Kier molecular flexibility index (Phi) is 4.81. The van der Waals surface area contributed by atoms with Gasteiger partial charge in [0.05, 0.1) is 18.3 Å². The Morgan fingerprint density at radius 2 is 2.39 bits per heavy atom. The van der Waals surface area contributed by atoms with Gasteiger partial charge in [-0.15, -0.1) is 11.3 Å². The van der Waals surface area contributed by atoms with Crippen LogP contribution < -0.4 is 14.8 Å². The second-order valence-corrected chi connectivity index (χ2v) is 6.38. The highest BCUT2D eigenvalue weighted by atomic mass is 32.1. The molecule has 0 radical (unpaired) electrons. The van der Waals surface area contributed by atoms with Gasteiger partial charge in [-0.05, 0) is 25.5 Å². The van der Waals surface area contributed by atoms with Gasteiger partial charge in [-0.2, -0.15) is 0 Å². The van der Waals surface area contributed by atoms with Crippen LogP contribution in [0.3, 0.4) is 0 Å². The van der Waals surface area contributed by atoms with E-state index in [4.69, 9.17) is 9.47 Å². The van der Waals surface area contributed by atoms with E-state index in [9.17, 15) is 4.79 Å². The van der Waals surface area contributed by atoms with Gasteiger partial charge in [0.1, 0.15) is 17.6 Å². The number of aryl methyl sites for hydroxylation is 1. The maximum atomic E-state index is 12.0. The fourth-order valence-electron chi connectivity index (χ4n) is 2.69. The van der Waals surface area contributed by atoms with E-state index in [1.165, 1.54) is 0 Å². The fourth-order valence-corrected chi connectivity index (χ4v) is 3.29. The molecule has 0 bridgehead atoms. The topological polar surface area (TPSA) is 60.5 Å². The van der Waals surface area contributed by atoms with Gasteiger partial charge in [0.2, 0.25) is 5.91 Å². The molecule has 0 spiro atoms. The predicted molar refractivity (Wildman–Crippen MR) is 89.1 cm³/mol. The molecule has 0 saturated heterocycles. The van der Waals surface area contributed by atoms with Crippen LogP contribution in [0.2, 0.25) is 0 Å². The quantitative estimate of drug-likeness (QED) is 0.883. The van der Waals surface area contributed by atoms with Crippen molar-refractivity contribution in [3.8, 4) is 11.5 Å². The SMILES string of the molecule is COc1cc2c(cc1CNC(=O)CCc1cscn1)O[C@H](C)C2. The molecule has 122 valence electrons. The van der Waals surface area contributed by atoms with E-state index < -0.39 is 0 Å². The number of hydrogen-bond donors (Lipinski definition) is 1. The van der Waals surface area contributed by atoms with Gasteiger partial charge in [-0.3, -0.25) is 4.79 Å². The van der Waals surface area contributed by atoms with Crippen molar-refractivity contribution in [1.82, 2.24) is 10.3 Å². The third kappa shape index (κ3) is 3.82. The first-order valence-electron chi connectivity index (χ1n) is 7.66. The molecule has 1 N–H and O–H groups in total. The number of nitrogens with zero attached hydrogens (tertiary/aromatic N) is 1. The Morgan fingerprint density at radius 1 is 1.52 bits per heavy atom. The zero-order valence-corrected chi connectivity index (χ0v) is 14.1. The highest BCUT2D eigenvalue weighted by Gasteiger charge is 2.21. The molecule has 1 atom stereocenters. The number of carbonyl (C=O) groups excluding carboxylic acids is 1. The van der Waals surface area contributed by atoms with Gasteiger partial charge >= 0.3 is 0 Å². The van der Waals surface area contributed by atoms with Crippen LogP contribution >= 0.6 is 11.3 Å². The number of carbonyl (C=O) groups is 1. The van der Waals surface area contributed by atoms with Crippen LogP contribution in [-0.4, -0.2) is 24.1 Å². The van der Waals surface area contributed by atoms with Crippen molar-refractivity contribution in [2.45, 2.75) is 38.8 Å². The van der Waals surface area contributed by atoms with Crippen LogP contribution in [0.15, 0.2) is 23.0 Å². The predicted octanol–water partition coefficient (Wildman–Crippen LogP) is 2.72. The van der Waals surface area contributed by atoms with E-state index >= 15 is 0 Å². The lowest BCUT2D eigenvalue weighted by Gasteiger charge is -2.12. The van der Waals surface area contributed by atoms with Crippen LogP contribution in [-0.2, 0) is 24.2 Å². The molecule has 5 nitrogen and oxygen atoms in total. The summed E-state index contributed by atoms with van der Waals surface area (Å²) in [5, 5.41) is 4.91. The van der Waals surface area contributed by atoms with Crippen molar-refractivity contribution in [1.29, 1.82) is 0 Å². The molecule has 0 saturated carbocycles. The van der Waals surface area contributed by atoms with Crippen molar-refractivity contribution < 1.29 is 14.3 Å². The average molecular weight is 332 g/mol. The number of aromatic nitrogens is 1. The molecular formula is C17H20N2O3S. The summed E-state index contributed by atoms with van der Waals surface area (Å²) in [5.41, 5.74) is 4.84. The molecule has 2 heterocycles. The Balaban J connectivity index is 1.59. The number of benzene rings is 1. The van der Waals surface area contributed by atoms with Crippen LogP contribution in [0.25, 0.3) is 0 Å². The summed E-state index contributed by atoms with van der Waals surface area (Å²) in [4.78, 5) is 16.2. The number of amides is 1. The maximum Gasteiger partial charge on any atom is 0.220 e. The van der Waals surface area contributed by atoms with Crippen LogP contribution in [0.4, 0.5) is 0 Å². The minimum Gasteiger partial charge on any atom is -0.496 e. The Hall–Kier alpha value is -2.08. The number of nitrogens with one attached hydrogen (secondary N) is 1. The Bertz CT molecular complexity index is 685. The molecule has 0 fully saturated rings. The molecule has 23 heavy (non-hydrogen) atoms. The highest BCUT2D eigenvalue weighted by Crippen LogP contribution is 2.34. The summed E-state index contributed by atoms with van der Waals surface area (Å²) < 4.78 is 11.2. The minimum absolute atomic E-state index is 0.00911. The second-order valence-electron chi connectivity index (χ2n) is 5.66. The normalized spacial score (nSPS) is 15.8.